The van der Waals surface area contributed by atoms with Crippen LogP contribution in [0.5, 0.6) is 0 Å². The Morgan fingerprint density at radius 1 is 0.526 bits per heavy atom. The van der Waals surface area contributed by atoms with Crippen molar-refractivity contribution in [3.8, 4) is 0 Å². The van der Waals surface area contributed by atoms with Crippen LogP contribution >= 0.6 is 7.82 Å². The van der Waals surface area contributed by atoms with E-state index in [2.05, 4.69) is 19.9 Å². The lowest BCUT2D eigenvalue weighted by atomic mass is 10.0. The minimum Gasteiger partial charge on any atom is -0.462 e. The molecule has 338 valence electrons. The lowest BCUT2D eigenvalue weighted by molar-refractivity contribution is -0.870. The Balaban J connectivity index is 4.30. The molecule has 57 heavy (non-hydrogen) atoms. The zero-order valence-electron chi connectivity index (χ0n) is 38.1. The van der Waals surface area contributed by atoms with Gasteiger partial charge in [0, 0.05) is 12.8 Å². The molecule has 10 heteroatoms. The van der Waals surface area contributed by atoms with Crippen molar-refractivity contribution in [1.29, 1.82) is 0 Å². The fourth-order valence-electron chi connectivity index (χ4n) is 6.80. The molecule has 0 amide bonds. The van der Waals surface area contributed by atoms with Crippen molar-refractivity contribution in [2.24, 2.45) is 0 Å². The van der Waals surface area contributed by atoms with E-state index in [1.54, 1.807) is 0 Å². The first-order chi connectivity index (χ1) is 27.5. The molecule has 0 aliphatic rings. The van der Waals surface area contributed by atoms with E-state index in [4.69, 9.17) is 18.5 Å². The molecule has 0 aliphatic heterocycles. The number of likely N-dealkylation sites (N-methyl/N-ethyl adjacent to an activating group) is 1. The number of quaternary nitrogens is 1. The number of esters is 2. The molecule has 0 spiro atoms. The van der Waals surface area contributed by atoms with Gasteiger partial charge in [0.15, 0.2) is 6.10 Å². The van der Waals surface area contributed by atoms with Crippen LogP contribution in [0.25, 0.3) is 0 Å². The molecule has 0 rings (SSSR count). The molecule has 0 heterocycles. The summed E-state index contributed by atoms with van der Waals surface area (Å²) in [6.07, 6.45) is 42.7. The fourth-order valence-corrected chi connectivity index (χ4v) is 7.54. The highest BCUT2D eigenvalue weighted by molar-refractivity contribution is 7.47. The van der Waals surface area contributed by atoms with Gasteiger partial charge in [-0.25, -0.2) is 4.57 Å². The summed E-state index contributed by atoms with van der Waals surface area (Å²) in [6.45, 7) is 4.42. The molecule has 0 aromatic heterocycles. The lowest BCUT2D eigenvalue weighted by Gasteiger charge is -2.24. The molecule has 0 aliphatic carbocycles. The highest BCUT2D eigenvalue weighted by atomic mass is 31.2. The van der Waals surface area contributed by atoms with Crippen molar-refractivity contribution in [3.05, 3.63) is 12.2 Å². The summed E-state index contributed by atoms with van der Waals surface area (Å²) in [5.74, 6) is -0.842. The quantitative estimate of drug-likeness (QED) is 0.0213. The molecule has 1 unspecified atom stereocenters. The van der Waals surface area contributed by atoms with E-state index in [9.17, 15) is 19.0 Å². The number of hydrogen-bond donors (Lipinski definition) is 1. The number of rotatable bonds is 44. The smallest absolute Gasteiger partial charge is 0.462 e. The van der Waals surface area contributed by atoms with E-state index < -0.39 is 32.5 Å². The summed E-state index contributed by atoms with van der Waals surface area (Å²) in [6, 6.07) is 0. The van der Waals surface area contributed by atoms with Crippen LogP contribution in [-0.4, -0.2) is 74.9 Å². The SMILES string of the molecule is CCCCCCCCCCCCC/C=C/CCC(=O)OC[C@H](COP(=O)(O)OCC[N+](C)(C)C)OC(=O)CCCCCCCCCCCCCCCCCCCC. The maximum absolute atomic E-state index is 12.7. The Labute approximate surface area is 352 Å². The van der Waals surface area contributed by atoms with Gasteiger partial charge in [-0.2, -0.15) is 0 Å². The number of allylic oxidation sites excluding steroid dienone is 2. The number of phosphoric ester groups is 1. The average Bonchev–Trinajstić information content (AvgIpc) is 3.16. The zero-order chi connectivity index (χ0) is 42.1. The van der Waals surface area contributed by atoms with E-state index in [1.165, 1.54) is 161 Å². The van der Waals surface area contributed by atoms with Gasteiger partial charge in [-0.3, -0.25) is 18.6 Å². The van der Waals surface area contributed by atoms with Gasteiger partial charge in [-0.1, -0.05) is 199 Å². The molecule has 0 bridgehead atoms. The molecule has 0 aromatic carbocycles. The molecule has 0 fully saturated rings. The summed E-state index contributed by atoms with van der Waals surface area (Å²) in [5, 5.41) is 0. The molecule has 0 saturated heterocycles. The summed E-state index contributed by atoms with van der Waals surface area (Å²) < 4.78 is 34.3. The van der Waals surface area contributed by atoms with E-state index in [1.807, 2.05) is 27.2 Å². The summed E-state index contributed by atoms with van der Waals surface area (Å²) in [7, 11) is 1.47. The first kappa shape index (κ1) is 55.8. The number of unbranched alkanes of at least 4 members (excludes halogenated alkanes) is 28. The summed E-state index contributed by atoms with van der Waals surface area (Å²) in [5.41, 5.74) is 0. The van der Waals surface area contributed by atoms with Crippen LogP contribution in [-0.2, 0) is 32.7 Å². The number of ether oxygens (including phenoxy) is 2. The van der Waals surface area contributed by atoms with E-state index in [0.717, 1.165) is 25.7 Å². The van der Waals surface area contributed by atoms with Gasteiger partial charge in [0.2, 0.25) is 0 Å². The number of carbonyl (C=O) groups is 2. The van der Waals surface area contributed by atoms with Crippen LogP contribution < -0.4 is 0 Å². The molecular formula is C47H93NO8P+. The normalized spacial score (nSPS) is 13.6. The van der Waals surface area contributed by atoms with Crippen molar-refractivity contribution in [1.82, 2.24) is 0 Å². The molecule has 9 nitrogen and oxygen atoms in total. The fraction of sp³-hybridized carbons (Fsp3) is 0.915. The van der Waals surface area contributed by atoms with Gasteiger partial charge in [0.25, 0.3) is 0 Å². The van der Waals surface area contributed by atoms with Crippen molar-refractivity contribution in [3.63, 3.8) is 0 Å². The zero-order valence-corrected chi connectivity index (χ0v) is 39.0. The maximum atomic E-state index is 12.7. The second-order valence-corrected chi connectivity index (χ2v) is 19.0. The second kappa shape index (κ2) is 40.2. The number of phosphoric acid groups is 1. The third-order valence-corrected chi connectivity index (χ3v) is 11.5. The molecular weight excluding hydrogens is 737 g/mol. The van der Waals surface area contributed by atoms with Gasteiger partial charge in [0.1, 0.15) is 19.8 Å². The topological polar surface area (TPSA) is 108 Å². The molecule has 0 aromatic rings. The minimum absolute atomic E-state index is 0.0306. The highest BCUT2D eigenvalue weighted by Gasteiger charge is 2.27. The minimum atomic E-state index is -4.38. The third-order valence-electron chi connectivity index (χ3n) is 10.6. The monoisotopic (exact) mass is 831 g/mol. The molecule has 0 saturated carbocycles. The van der Waals surface area contributed by atoms with E-state index in [-0.39, 0.29) is 26.1 Å². The Kier molecular flexibility index (Phi) is 39.3. The maximum Gasteiger partial charge on any atom is 0.472 e. The first-order valence-electron chi connectivity index (χ1n) is 23.9. The Hall–Kier alpha value is -1.25. The van der Waals surface area contributed by atoms with Crippen molar-refractivity contribution in [2.75, 3.05) is 47.5 Å². The first-order valence-corrected chi connectivity index (χ1v) is 25.4. The van der Waals surface area contributed by atoms with Gasteiger partial charge in [-0.15, -0.1) is 0 Å². The van der Waals surface area contributed by atoms with Gasteiger partial charge >= 0.3 is 19.8 Å². The van der Waals surface area contributed by atoms with Gasteiger partial charge in [0.05, 0.1) is 27.7 Å². The van der Waals surface area contributed by atoms with Crippen LogP contribution in [0.2, 0.25) is 0 Å². The standard InChI is InChI=1S/C47H92NO8P/c1-6-8-10-12-14-16-18-20-22-23-24-26-28-30-32-34-36-38-40-47(50)56-45(44-55-57(51,52)54-42-41-48(3,4)5)43-53-46(49)39-37-35-33-31-29-27-25-21-19-17-15-13-11-9-7-2/h33,35,45H,6-32,34,36-44H2,1-5H3/p+1/b35-33+/t45-/m1/s1. The Morgan fingerprint density at radius 2 is 0.930 bits per heavy atom. The molecule has 1 N–H and O–H groups in total. The number of carbonyl (C=O) groups excluding carboxylic acids is 2. The van der Waals surface area contributed by atoms with Crippen LogP contribution in [0.3, 0.4) is 0 Å². The van der Waals surface area contributed by atoms with Crippen LogP contribution in [0.1, 0.15) is 226 Å². The number of hydrogen-bond acceptors (Lipinski definition) is 7. The van der Waals surface area contributed by atoms with E-state index >= 15 is 0 Å². The molecule has 0 radical (unpaired) electrons. The van der Waals surface area contributed by atoms with Crippen LogP contribution in [0.4, 0.5) is 0 Å². The number of nitrogens with zero attached hydrogens (tertiary/aromatic N) is 1. The largest absolute Gasteiger partial charge is 0.472 e. The van der Waals surface area contributed by atoms with Crippen LogP contribution in [0, 0.1) is 0 Å². The van der Waals surface area contributed by atoms with Crippen molar-refractivity contribution >= 4 is 19.8 Å². The van der Waals surface area contributed by atoms with Crippen LogP contribution in [0.15, 0.2) is 12.2 Å². The van der Waals surface area contributed by atoms with Gasteiger partial charge < -0.3 is 18.9 Å². The lowest BCUT2D eigenvalue weighted by Crippen LogP contribution is -2.37. The predicted octanol–water partition coefficient (Wildman–Crippen LogP) is 13.8. The average molecular weight is 831 g/mol. The third kappa shape index (κ3) is 44.1. The van der Waals surface area contributed by atoms with Crippen molar-refractivity contribution < 1.29 is 42.1 Å². The Bertz CT molecular complexity index is 985. The van der Waals surface area contributed by atoms with Crippen molar-refractivity contribution in [2.45, 2.75) is 232 Å². The highest BCUT2D eigenvalue weighted by Crippen LogP contribution is 2.43. The van der Waals surface area contributed by atoms with E-state index in [0.29, 0.717) is 23.9 Å². The Morgan fingerprint density at radius 3 is 1.37 bits per heavy atom. The predicted molar refractivity (Wildman–Crippen MR) is 238 cm³/mol. The summed E-state index contributed by atoms with van der Waals surface area (Å²) >= 11 is 0. The van der Waals surface area contributed by atoms with Gasteiger partial charge in [-0.05, 0) is 25.7 Å². The molecule has 2 atom stereocenters. The summed E-state index contributed by atoms with van der Waals surface area (Å²) in [4.78, 5) is 35.4. The second-order valence-electron chi connectivity index (χ2n) is 17.5.